The minimum atomic E-state index is 0. The molecule has 1 aromatic carbocycles. The number of piperidine rings is 1. The Morgan fingerprint density at radius 1 is 1.03 bits per heavy atom. The predicted molar refractivity (Wildman–Crippen MR) is 141 cm³/mol. The number of nitrogens with one attached hydrogen (secondary N) is 1. The normalized spacial score (nSPS) is 19.3. The molecule has 1 saturated heterocycles. The number of Topliss-reactive ketones (excluding diaryl/α,β-unsaturated/α-hetero) is 1. The van der Waals surface area contributed by atoms with Crippen LogP contribution in [-0.4, -0.2) is 45.5 Å². The van der Waals surface area contributed by atoms with Gasteiger partial charge in [-0.15, -0.1) is 12.4 Å². The van der Waals surface area contributed by atoms with Crippen molar-refractivity contribution in [2.75, 3.05) is 29.9 Å². The molecule has 1 unspecified atom stereocenters. The highest BCUT2D eigenvalue weighted by atomic mass is 35.5. The Balaban J connectivity index is -0.000000731. The summed E-state index contributed by atoms with van der Waals surface area (Å²) in [6.07, 6.45) is 6.66. The van der Waals surface area contributed by atoms with Crippen LogP contribution in [0.15, 0.2) is 24.3 Å². The zero-order valence-electron chi connectivity index (χ0n) is 19.5. The summed E-state index contributed by atoms with van der Waals surface area (Å²) in [6.45, 7) is 3.66. The van der Waals surface area contributed by atoms with Crippen molar-refractivity contribution in [2.24, 2.45) is 5.92 Å². The van der Waals surface area contributed by atoms with E-state index < -0.39 is 0 Å². The molecule has 33 heavy (non-hydrogen) atoms. The van der Waals surface area contributed by atoms with Crippen molar-refractivity contribution in [3.8, 4) is 0 Å². The maximum atomic E-state index is 11.5. The average Bonchev–Trinajstić information content (AvgIpc) is 3.23. The molecule has 2 fully saturated rings. The molecule has 2 aliphatic rings. The van der Waals surface area contributed by atoms with Crippen LogP contribution >= 0.6 is 12.4 Å². The maximum Gasteiger partial charge on any atom is 0.232 e. The number of hydrogen-bond donors (Lipinski definition) is 5. The third-order valence-electron chi connectivity index (χ3n) is 6.05. The second-order valence-electron chi connectivity index (χ2n) is 8.10. The molecule has 0 amide bonds. The van der Waals surface area contributed by atoms with Crippen molar-refractivity contribution in [2.45, 2.75) is 51.4 Å². The average molecular weight is 489 g/mol. The number of anilines is 3. The van der Waals surface area contributed by atoms with Crippen LogP contribution in [0.1, 0.15) is 71.8 Å². The molecule has 4 rings (SSSR count). The lowest BCUT2D eigenvalue weighted by Crippen LogP contribution is -2.32. The fourth-order valence-corrected chi connectivity index (χ4v) is 4.35. The molecule has 11 heteroatoms. The SMILES string of the molecule is CC(=O)c1ccc(Nc2nc(C3CCC[C@H]3CO)nc(N3CCCCC3)n2)cc1.Cl.N.N.N.[HH].[HH].[HH]. The van der Waals surface area contributed by atoms with Gasteiger partial charge in [0, 0.05) is 41.1 Å². The summed E-state index contributed by atoms with van der Waals surface area (Å²) in [6, 6.07) is 7.34. The quantitative estimate of drug-likeness (QED) is 0.331. The number of carbonyl (C=O) groups excluding carboxylic acids is 1. The predicted octanol–water partition coefficient (Wildman–Crippen LogP) is 5.33. The Kier molecular flexibility index (Phi) is 13.0. The van der Waals surface area contributed by atoms with Gasteiger partial charge in [-0.2, -0.15) is 15.0 Å². The molecular formula is C22H45ClN8O2. The lowest BCUT2D eigenvalue weighted by Gasteiger charge is -2.28. The van der Waals surface area contributed by atoms with E-state index in [4.69, 9.17) is 15.0 Å². The van der Waals surface area contributed by atoms with Gasteiger partial charge in [0.05, 0.1) is 0 Å². The first-order valence-electron chi connectivity index (χ1n) is 10.6. The molecule has 2 aromatic rings. The van der Waals surface area contributed by atoms with E-state index in [1.807, 2.05) is 12.1 Å². The van der Waals surface area contributed by atoms with Crippen molar-refractivity contribution < 1.29 is 14.2 Å². The Morgan fingerprint density at radius 3 is 2.30 bits per heavy atom. The number of carbonyl (C=O) groups is 1. The first kappa shape index (κ1) is 30.6. The van der Waals surface area contributed by atoms with Gasteiger partial charge in [0.25, 0.3) is 0 Å². The second-order valence-corrected chi connectivity index (χ2v) is 8.10. The largest absolute Gasteiger partial charge is 0.396 e. The van der Waals surface area contributed by atoms with Crippen molar-refractivity contribution in [3.63, 3.8) is 0 Å². The number of aliphatic hydroxyl groups excluding tert-OH is 1. The van der Waals surface area contributed by atoms with E-state index in [1.54, 1.807) is 19.1 Å². The van der Waals surface area contributed by atoms with Crippen LogP contribution in [0, 0.1) is 5.92 Å². The molecule has 11 N–H and O–H groups in total. The summed E-state index contributed by atoms with van der Waals surface area (Å²) in [4.78, 5) is 28.0. The van der Waals surface area contributed by atoms with E-state index in [0.717, 1.165) is 62.7 Å². The standard InChI is InChI=1S/C22H29N5O2.ClH.3H3N.3H2/c1-15(29)16-8-10-18(11-9-16)23-21-24-20(19-7-5-6-17(19)14-28)25-22(26-21)27-12-3-2-4-13-27;;;;;;;/h8-11,17,19,28H,2-7,12-14H2,1H3,(H,23,24,25,26);1H;3*1H3;3*1H/t17-,19?;;;;;;;/m0......./s1. The second kappa shape index (κ2) is 14.0. The third-order valence-corrected chi connectivity index (χ3v) is 6.05. The van der Waals surface area contributed by atoms with Crippen LogP contribution in [0.4, 0.5) is 17.6 Å². The van der Waals surface area contributed by atoms with Gasteiger partial charge < -0.3 is 33.8 Å². The first-order chi connectivity index (χ1) is 14.1. The number of nitrogens with zero attached hydrogens (tertiary/aromatic N) is 4. The molecule has 0 radical (unpaired) electrons. The zero-order chi connectivity index (χ0) is 20.2. The Hall–Kier alpha value is -2.37. The molecule has 1 aliphatic heterocycles. The van der Waals surface area contributed by atoms with Crippen LogP contribution < -0.4 is 28.7 Å². The Morgan fingerprint density at radius 2 is 1.70 bits per heavy atom. The molecule has 0 spiro atoms. The monoisotopic (exact) mass is 488 g/mol. The van der Waals surface area contributed by atoms with Gasteiger partial charge in [0.15, 0.2) is 5.78 Å². The van der Waals surface area contributed by atoms with Crippen LogP contribution in [0.5, 0.6) is 0 Å². The van der Waals surface area contributed by atoms with Gasteiger partial charge in [-0.1, -0.05) is 6.42 Å². The number of aromatic nitrogens is 3. The van der Waals surface area contributed by atoms with E-state index in [9.17, 15) is 9.90 Å². The molecule has 2 heterocycles. The molecule has 10 nitrogen and oxygen atoms in total. The van der Waals surface area contributed by atoms with Gasteiger partial charge in [0.1, 0.15) is 5.82 Å². The molecule has 1 saturated carbocycles. The molecule has 2 atom stereocenters. The summed E-state index contributed by atoms with van der Waals surface area (Å²) >= 11 is 0. The van der Waals surface area contributed by atoms with E-state index in [0.29, 0.717) is 11.5 Å². The molecule has 192 valence electrons. The summed E-state index contributed by atoms with van der Waals surface area (Å²) in [5, 5.41) is 13.0. The number of benzene rings is 1. The highest BCUT2D eigenvalue weighted by Crippen LogP contribution is 2.38. The third kappa shape index (κ3) is 7.31. The van der Waals surface area contributed by atoms with Gasteiger partial charge in [-0.25, -0.2) is 0 Å². The number of aliphatic hydroxyl groups is 1. The van der Waals surface area contributed by atoms with Crippen LogP contribution in [0.25, 0.3) is 0 Å². The molecule has 1 aliphatic carbocycles. The number of hydrogen-bond acceptors (Lipinski definition) is 10. The maximum absolute atomic E-state index is 11.5. The number of rotatable bonds is 6. The van der Waals surface area contributed by atoms with Gasteiger partial charge >= 0.3 is 0 Å². The Labute approximate surface area is 206 Å². The topological polar surface area (TPSA) is 196 Å². The lowest BCUT2D eigenvalue weighted by molar-refractivity contribution is 0.101. The summed E-state index contributed by atoms with van der Waals surface area (Å²) in [5.41, 5.74) is 1.51. The minimum Gasteiger partial charge on any atom is -0.396 e. The lowest BCUT2D eigenvalue weighted by atomic mass is 9.96. The van der Waals surface area contributed by atoms with E-state index in [1.165, 1.54) is 6.42 Å². The summed E-state index contributed by atoms with van der Waals surface area (Å²) < 4.78 is 0. The Bertz CT molecular complexity index is 877. The highest BCUT2D eigenvalue weighted by molar-refractivity contribution is 5.94. The van der Waals surface area contributed by atoms with Crippen molar-refractivity contribution in [3.05, 3.63) is 35.7 Å². The first-order valence-corrected chi connectivity index (χ1v) is 10.6. The van der Waals surface area contributed by atoms with Gasteiger partial charge in [-0.05, 0) is 69.2 Å². The molecule has 0 bridgehead atoms. The van der Waals surface area contributed by atoms with Gasteiger partial charge in [-0.3, -0.25) is 4.79 Å². The molecule has 1 aromatic heterocycles. The van der Waals surface area contributed by atoms with Crippen LogP contribution in [0.3, 0.4) is 0 Å². The van der Waals surface area contributed by atoms with E-state index >= 15 is 0 Å². The highest BCUT2D eigenvalue weighted by Gasteiger charge is 2.31. The fraction of sp³-hybridized carbons (Fsp3) is 0.545. The number of halogens is 1. The van der Waals surface area contributed by atoms with E-state index in [2.05, 4.69) is 10.2 Å². The number of ketones is 1. The van der Waals surface area contributed by atoms with Crippen molar-refractivity contribution in [1.82, 2.24) is 33.4 Å². The fourth-order valence-electron chi connectivity index (χ4n) is 4.35. The minimum absolute atomic E-state index is 0. The molecular weight excluding hydrogens is 444 g/mol. The summed E-state index contributed by atoms with van der Waals surface area (Å²) in [5.74, 6) is 2.46. The zero-order valence-corrected chi connectivity index (χ0v) is 20.3. The smallest absolute Gasteiger partial charge is 0.232 e. The van der Waals surface area contributed by atoms with Crippen LogP contribution in [-0.2, 0) is 0 Å². The van der Waals surface area contributed by atoms with Crippen molar-refractivity contribution >= 4 is 35.8 Å². The summed E-state index contributed by atoms with van der Waals surface area (Å²) in [7, 11) is 0. The van der Waals surface area contributed by atoms with E-state index in [-0.39, 0.29) is 59.4 Å². The van der Waals surface area contributed by atoms with Crippen LogP contribution in [0.2, 0.25) is 0 Å². The van der Waals surface area contributed by atoms with Crippen molar-refractivity contribution in [1.29, 1.82) is 0 Å². The van der Waals surface area contributed by atoms with Gasteiger partial charge in [0.2, 0.25) is 11.9 Å².